The zero-order valence-electron chi connectivity index (χ0n) is 9.95. The van der Waals surface area contributed by atoms with Crippen LogP contribution in [0.2, 0.25) is 0 Å². The van der Waals surface area contributed by atoms with E-state index in [-0.39, 0.29) is 5.97 Å². The third-order valence-electron chi connectivity index (χ3n) is 3.49. The molecular weight excluding hydrogens is 190 g/mol. The quantitative estimate of drug-likeness (QED) is 0.525. The first-order chi connectivity index (χ1) is 7.07. The van der Waals surface area contributed by atoms with E-state index in [0.717, 1.165) is 19.5 Å². The normalized spacial score (nSPS) is 31.5. The number of carbonyl (C=O) groups excluding carboxylic acids is 1. The fourth-order valence-corrected chi connectivity index (χ4v) is 2.22. The molecule has 86 valence electrons. The summed E-state index contributed by atoms with van der Waals surface area (Å²) in [6.07, 6.45) is 2.89. The first-order valence-corrected chi connectivity index (χ1v) is 5.60. The van der Waals surface area contributed by atoms with Crippen LogP contribution in [-0.2, 0) is 9.53 Å². The maximum absolute atomic E-state index is 12.0. The highest BCUT2D eigenvalue weighted by Gasteiger charge is 2.49. The lowest BCUT2D eigenvalue weighted by Gasteiger charge is -2.35. The standard InChI is InChI=1S/C12H21NO2/c1-5-8-13-9-7-10(3)12(13,4)11(14)15-6-2/h5,10H,1,6-9H2,2-4H3. The van der Waals surface area contributed by atoms with Gasteiger partial charge in [0.15, 0.2) is 0 Å². The van der Waals surface area contributed by atoms with Crippen molar-refractivity contribution in [1.29, 1.82) is 0 Å². The maximum atomic E-state index is 12.0. The summed E-state index contributed by atoms with van der Waals surface area (Å²) in [5, 5.41) is 0. The number of likely N-dealkylation sites (tertiary alicyclic amines) is 1. The van der Waals surface area contributed by atoms with Crippen LogP contribution in [0, 0.1) is 5.92 Å². The van der Waals surface area contributed by atoms with Crippen molar-refractivity contribution < 1.29 is 9.53 Å². The molecule has 0 aromatic carbocycles. The number of carbonyl (C=O) groups is 1. The van der Waals surface area contributed by atoms with Crippen LogP contribution in [0.1, 0.15) is 27.2 Å². The molecule has 2 unspecified atom stereocenters. The van der Waals surface area contributed by atoms with Crippen molar-refractivity contribution in [2.24, 2.45) is 5.92 Å². The molecule has 1 saturated heterocycles. The second-order valence-electron chi connectivity index (χ2n) is 4.29. The Hall–Kier alpha value is -0.830. The van der Waals surface area contributed by atoms with Gasteiger partial charge in [0, 0.05) is 6.54 Å². The molecule has 0 aromatic rings. The van der Waals surface area contributed by atoms with Crippen LogP contribution in [-0.4, -0.2) is 36.1 Å². The van der Waals surface area contributed by atoms with Crippen LogP contribution < -0.4 is 0 Å². The summed E-state index contributed by atoms with van der Waals surface area (Å²) in [5.74, 6) is 0.244. The van der Waals surface area contributed by atoms with Gasteiger partial charge in [0.2, 0.25) is 0 Å². The van der Waals surface area contributed by atoms with Gasteiger partial charge in [-0.05, 0) is 32.7 Å². The van der Waals surface area contributed by atoms with Gasteiger partial charge in [0.1, 0.15) is 5.54 Å². The maximum Gasteiger partial charge on any atom is 0.326 e. The van der Waals surface area contributed by atoms with E-state index in [4.69, 9.17) is 4.74 Å². The number of hydrogen-bond acceptors (Lipinski definition) is 3. The van der Waals surface area contributed by atoms with Crippen molar-refractivity contribution in [3.05, 3.63) is 12.7 Å². The van der Waals surface area contributed by atoms with E-state index in [1.54, 1.807) is 0 Å². The molecule has 0 amide bonds. The minimum absolute atomic E-state index is 0.100. The summed E-state index contributed by atoms with van der Waals surface area (Å²) in [6.45, 7) is 11.8. The van der Waals surface area contributed by atoms with Gasteiger partial charge in [0.05, 0.1) is 6.61 Å². The predicted molar refractivity (Wildman–Crippen MR) is 60.6 cm³/mol. The van der Waals surface area contributed by atoms with Gasteiger partial charge in [-0.3, -0.25) is 9.69 Å². The van der Waals surface area contributed by atoms with Crippen molar-refractivity contribution in [3.63, 3.8) is 0 Å². The Bertz CT molecular complexity index is 252. The highest BCUT2D eigenvalue weighted by Crippen LogP contribution is 2.35. The minimum Gasteiger partial charge on any atom is -0.465 e. The lowest BCUT2D eigenvalue weighted by molar-refractivity contribution is -0.156. The van der Waals surface area contributed by atoms with Crippen LogP contribution in [0.25, 0.3) is 0 Å². The molecule has 0 bridgehead atoms. The molecule has 1 aliphatic rings. The molecule has 0 radical (unpaired) electrons. The lowest BCUT2D eigenvalue weighted by Crippen LogP contribution is -2.52. The first kappa shape index (κ1) is 12.2. The van der Waals surface area contributed by atoms with Crippen molar-refractivity contribution >= 4 is 5.97 Å². The third-order valence-corrected chi connectivity index (χ3v) is 3.49. The number of esters is 1. The molecule has 1 fully saturated rings. The SMILES string of the molecule is C=CCN1CCC(C)C1(C)C(=O)OCC. The van der Waals surface area contributed by atoms with Gasteiger partial charge in [-0.2, -0.15) is 0 Å². The molecular formula is C12H21NO2. The van der Waals surface area contributed by atoms with Crippen LogP contribution in [0.15, 0.2) is 12.7 Å². The molecule has 0 aromatic heterocycles. The molecule has 3 heteroatoms. The summed E-state index contributed by atoms with van der Waals surface area (Å²) in [4.78, 5) is 14.1. The molecule has 3 nitrogen and oxygen atoms in total. The van der Waals surface area contributed by atoms with E-state index < -0.39 is 5.54 Å². The zero-order valence-corrected chi connectivity index (χ0v) is 9.95. The summed E-state index contributed by atoms with van der Waals surface area (Å²) in [6, 6.07) is 0. The Labute approximate surface area is 92.1 Å². The van der Waals surface area contributed by atoms with Gasteiger partial charge < -0.3 is 4.74 Å². The topological polar surface area (TPSA) is 29.5 Å². The van der Waals surface area contributed by atoms with Gasteiger partial charge in [-0.15, -0.1) is 6.58 Å². The van der Waals surface area contributed by atoms with E-state index in [1.165, 1.54) is 0 Å². The van der Waals surface area contributed by atoms with Crippen LogP contribution >= 0.6 is 0 Å². The van der Waals surface area contributed by atoms with E-state index in [2.05, 4.69) is 18.4 Å². The Morgan fingerprint density at radius 3 is 2.93 bits per heavy atom. The molecule has 0 aliphatic carbocycles. The van der Waals surface area contributed by atoms with Gasteiger partial charge in [-0.1, -0.05) is 13.0 Å². The van der Waals surface area contributed by atoms with E-state index in [9.17, 15) is 4.79 Å². The smallest absolute Gasteiger partial charge is 0.326 e. The zero-order chi connectivity index (χ0) is 11.5. The van der Waals surface area contributed by atoms with E-state index in [1.807, 2.05) is 19.9 Å². The molecule has 0 spiro atoms. The van der Waals surface area contributed by atoms with Crippen LogP contribution in [0.3, 0.4) is 0 Å². The second-order valence-corrected chi connectivity index (χ2v) is 4.29. The van der Waals surface area contributed by atoms with Crippen molar-refractivity contribution in [2.45, 2.75) is 32.7 Å². The molecule has 2 atom stereocenters. The Morgan fingerprint density at radius 2 is 2.40 bits per heavy atom. The lowest BCUT2D eigenvalue weighted by atomic mass is 9.88. The van der Waals surface area contributed by atoms with Gasteiger partial charge in [-0.25, -0.2) is 0 Å². The number of nitrogens with zero attached hydrogens (tertiary/aromatic N) is 1. The van der Waals surface area contributed by atoms with Gasteiger partial charge in [0.25, 0.3) is 0 Å². The van der Waals surface area contributed by atoms with Crippen molar-refractivity contribution in [3.8, 4) is 0 Å². The molecule has 1 rings (SSSR count). The number of ether oxygens (including phenoxy) is 1. The third kappa shape index (κ3) is 2.07. The Morgan fingerprint density at radius 1 is 1.73 bits per heavy atom. The molecule has 1 heterocycles. The Kier molecular flexibility index (Phi) is 3.91. The largest absolute Gasteiger partial charge is 0.465 e. The number of hydrogen-bond donors (Lipinski definition) is 0. The highest BCUT2D eigenvalue weighted by molar-refractivity contribution is 5.81. The average Bonchev–Trinajstić information content (AvgIpc) is 2.48. The van der Waals surface area contributed by atoms with Crippen molar-refractivity contribution in [1.82, 2.24) is 4.90 Å². The molecule has 1 aliphatic heterocycles. The van der Waals surface area contributed by atoms with Crippen LogP contribution in [0.4, 0.5) is 0 Å². The van der Waals surface area contributed by atoms with Gasteiger partial charge >= 0.3 is 5.97 Å². The number of rotatable bonds is 4. The highest BCUT2D eigenvalue weighted by atomic mass is 16.5. The van der Waals surface area contributed by atoms with Crippen LogP contribution in [0.5, 0.6) is 0 Å². The predicted octanol–water partition coefficient (Wildman–Crippen LogP) is 1.84. The summed E-state index contributed by atoms with van der Waals surface area (Å²) >= 11 is 0. The molecule has 0 saturated carbocycles. The van der Waals surface area contributed by atoms with Crippen molar-refractivity contribution in [2.75, 3.05) is 19.7 Å². The van der Waals surface area contributed by atoms with E-state index >= 15 is 0 Å². The Balaban J connectivity index is 2.83. The van der Waals surface area contributed by atoms with E-state index in [0.29, 0.717) is 12.5 Å². The second kappa shape index (κ2) is 4.79. The monoisotopic (exact) mass is 211 g/mol. The summed E-state index contributed by atoms with van der Waals surface area (Å²) < 4.78 is 5.16. The fraction of sp³-hybridized carbons (Fsp3) is 0.750. The minimum atomic E-state index is -0.468. The summed E-state index contributed by atoms with van der Waals surface area (Å²) in [5.41, 5.74) is -0.468. The first-order valence-electron chi connectivity index (χ1n) is 5.60. The summed E-state index contributed by atoms with van der Waals surface area (Å²) in [7, 11) is 0. The molecule has 0 N–H and O–H groups in total. The fourth-order valence-electron chi connectivity index (χ4n) is 2.22. The molecule has 15 heavy (non-hydrogen) atoms. The average molecular weight is 211 g/mol.